The van der Waals surface area contributed by atoms with Crippen molar-refractivity contribution in [2.24, 2.45) is 0 Å². The van der Waals surface area contributed by atoms with Crippen LogP contribution >= 0.6 is 0 Å². The Bertz CT molecular complexity index is 601. The van der Waals surface area contributed by atoms with E-state index >= 15 is 0 Å². The van der Waals surface area contributed by atoms with Crippen molar-refractivity contribution in [2.75, 3.05) is 19.6 Å². The van der Waals surface area contributed by atoms with E-state index in [-0.39, 0.29) is 19.6 Å². The third-order valence-corrected chi connectivity index (χ3v) is 3.23. The topological polar surface area (TPSA) is 67.2 Å². The normalized spacial score (nSPS) is 16.6. The van der Waals surface area contributed by atoms with Crippen molar-refractivity contribution in [1.29, 1.82) is 0 Å². The van der Waals surface area contributed by atoms with Crippen LogP contribution in [0.25, 0.3) is 0 Å². The highest BCUT2D eigenvalue weighted by Gasteiger charge is 2.43. The van der Waals surface area contributed by atoms with E-state index in [4.69, 9.17) is 0 Å². The molecule has 0 saturated carbocycles. The molecule has 1 N–H and O–H groups in total. The van der Waals surface area contributed by atoms with Gasteiger partial charge in [0.2, 0.25) is 5.91 Å². The third-order valence-electron chi connectivity index (χ3n) is 3.23. The molecule has 1 saturated heterocycles. The lowest BCUT2D eigenvalue weighted by Gasteiger charge is -2.28. The monoisotopic (exact) mass is 318 g/mol. The van der Waals surface area contributed by atoms with Crippen molar-refractivity contribution in [3.05, 3.63) is 17.5 Å². The average molecular weight is 318 g/mol. The molecule has 2 amide bonds. The first-order valence-corrected chi connectivity index (χ1v) is 6.73. The molecule has 9 heteroatoms. The van der Waals surface area contributed by atoms with Gasteiger partial charge in [0, 0.05) is 13.1 Å². The van der Waals surface area contributed by atoms with Gasteiger partial charge in [0.05, 0.1) is 23.8 Å². The first kappa shape index (κ1) is 16.3. The zero-order valence-corrected chi connectivity index (χ0v) is 12.5. The van der Waals surface area contributed by atoms with Crippen LogP contribution in [0.15, 0.2) is 6.20 Å². The first-order chi connectivity index (χ1) is 10.0. The standard InChI is InChI=1S/C13H17F3N4O2/c1-12(2,3)20-10(13(14,15)16)8(6-18-20)11(22)19-5-4-17-9(21)7-19/h6H,4-5,7H2,1-3H3,(H,17,21). The van der Waals surface area contributed by atoms with Crippen molar-refractivity contribution >= 4 is 11.8 Å². The Kier molecular flexibility index (Phi) is 3.92. The molecule has 0 radical (unpaired) electrons. The molecule has 22 heavy (non-hydrogen) atoms. The molecule has 0 aromatic carbocycles. The molecular formula is C13H17F3N4O2. The van der Waals surface area contributed by atoms with E-state index in [1.54, 1.807) is 20.8 Å². The predicted molar refractivity (Wildman–Crippen MR) is 71.1 cm³/mol. The van der Waals surface area contributed by atoms with E-state index in [0.717, 1.165) is 15.8 Å². The number of halogens is 3. The van der Waals surface area contributed by atoms with Gasteiger partial charge in [0.25, 0.3) is 5.91 Å². The summed E-state index contributed by atoms with van der Waals surface area (Å²) in [6.07, 6.45) is -3.80. The van der Waals surface area contributed by atoms with E-state index in [0.29, 0.717) is 0 Å². The van der Waals surface area contributed by atoms with Gasteiger partial charge in [0.1, 0.15) is 0 Å². The van der Waals surface area contributed by atoms with Crippen LogP contribution in [0.3, 0.4) is 0 Å². The van der Waals surface area contributed by atoms with Crippen LogP contribution in [0.1, 0.15) is 36.8 Å². The Balaban J connectivity index is 2.45. The minimum atomic E-state index is -4.72. The smallest absolute Gasteiger partial charge is 0.353 e. The second-order valence-electron chi connectivity index (χ2n) is 6.06. The maximum absolute atomic E-state index is 13.4. The number of hydrogen-bond acceptors (Lipinski definition) is 3. The number of piperazine rings is 1. The summed E-state index contributed by atoms with van der Waals surface area (Å²) in [5.41, 5.74) is -2.55. The van der Waals surface area contributed by atoms with Crippen molar-refractivity contribution in [3.63, 3.8) is 0 Å². The highest BCUT2D eigenvalue weighted by molar-refractivity contribution is 5.98. The molecule has 6 nitrogen and oxygen atoms in total. The molecule has 2 rings (SSSR count). The maximum atomic E-state index is 13.4. The van der Waals surface area contributed by atoms with Gasteiger partial charge in [-0.2, -0.15) is 18.3 Å². The maximum Gasteiger partial charge on any atom is 0.433 e. The molecule has 0 spiro atoms. The number of carbonyl (C=O) groups is 2. The molecule has 1 aliphatic rings. The Morgan fingerprint density at radius 1 is 1.32 bits per heavy atom. The quantitative estimate of drug-likeness (QED) is 0.847. The highest BCUT2D eigenvalue weighted by atomic mass is 19.4. The first-order valence-electron chi connectivity index (χ1n) is 6.73. The fraction of sp³-hybridized carbons (Fsp3) is 0.615. The van der Waals surface area contributed by atoms with Gasteiger partial charge in [0.15, 0.2) is 5.69 Å². The average Bonchev–Trinajstić information content (AvgIpc) is 2.82. The van der Waals surface area contributed by atoms with Gasteiger partial charge in [-0.3, -0.25) is 14.3 Å². The van der Waals surface area contributed by atoms with Crippen LogP contribution in [0.2, 0.25) is 0 Å². The Labute approximate surface area is 125 Å². The second-order valence-corrected chi connectivity index (χ2v) is 6.06. The Morgan fingerprint density at radius 2 is 1.95 bits per heavy atom. The van der Waals surface area contributed by atoms with Gasteiger partial charge in [-0.25, -0.2) is 0 Å². The molecule has 0 bridgehead atoms. The largest absolute Gasteiger partial charge is 0.433 e. The third kappa shape index (κ3) is 3.07. The van der Waals surface area contributed by atoms with Crippen LogP contribution in [-0.4, -0.2) is 46.1 Å². The molecule has 2 heterocycles. The van der Waals surface area contributed by atoms with Crippen LogP contribution < -0.4 is 5.32 Å². The highest BCUT2D eigenvalue weighted by Crippen LogP contribution is 2.35. The van der Waals surface area contributed by atoms with Crippen LogP contribution in [-0.2, 0) is 16.5 Å². The molecule has 0 unspecified atom stereocenters. The van der Waals surface area contributed by atoms with Crippen LogP contribution in [0, 0.1) is 0 Å². The lowest BCUT2D eigenvalue weighted by Crippen LogP contribution is -2.50. The van der Waals surface area contributed by atoms with Gasteiger partial charge >= 0.3 is 6.18 Å². The van der Waals surface area contributed by atoms with E-state index in [9.17, 15) is 22.8 Å². The number of alkyl halides is 3. The van der Waals surface area contributed by atoms with Gasteiger partial charge < -0.3 is 10.2 Å². The van der Waals surface area contributed by atoms with Crippen molar-refractivity contribution < 1.29 is 22.8 Å². The number of carbonyl (C=O) groups excluding carboxylic acids is 2. The van der Waals surface area contributed by atoms with Crippen molar-refractivity contribution in [1.82, 2.24) is 20.0 Å². The minimum absolute atomic E-state index is 0.169. The zero-order valence-electron chi connectivity index (χ0n) is 12.5. The number of amides is 2. The number of rotatable bonds is 1. The van der Waals surface area contributed by atoms with Gasteiger partial charge in [-0.05, 0) is 20.8 Å². The van der Waals surface area contributed by atoms with Gasteiger partial charge in [-0.1, -0.05) is 0 Å². The fourth-order valence-electron chi connectivity index (χ4n) is 2.27. The molecule has 0 aliphatic carbocycles. The van der Waals surface area contributed by atoms with E-state index < -0.39 is 34.8 Å². The molecule has 1 aromatic heterocycles. The SMILES string of the molecule is CC(C)(C)n1ncc(C(=O)N2CCNC(=O)C2)c1C(F)(F)F. The van der Waals surface area contributed by atoms with Crippen LogP contribution in [0.5, 0.6) is 0 Å². The number of nitrogens with zero attached hydrogens (tertiary/aromatic N) is 3. The van der Waals surface area contributed by atoms with E-state index in [1.165, 1.54) is 0 Å². The molecular weight excluding hydrogens is 301 g/mol. The molecule has 1 fully saturated rings. The Hall–Kier alpha value is -2.06. The summed E-state index contributed by atoms with van der Waals surface area (Å²) in [4.78, 5) is 24.7. The van der Waals surface area contributed by atoms with E-state index in [2.05, 4.69) is 10.4 Å². The van der Waals surface area contributed by atoms with Crippen molar-refractivity contribution in [2.45, 2.75) is 32.5 Å². The predicted octanol–water partition coefficient (Wildman–Crippen LogP) is 1.23. The molecule has 0 atom stereocenters. The number of hydrogen-bond donors (Lipinski definition) is 1. The zero-order chi connectivity index (χ0) is 16.7. The lowest BCUT2D eigenvalue weighted by molar-refractivity contribution is -0.146. The second kappa shape index (κ2) is 5.29. The summed E-state index contributed by atoms with van der Waals surface area (Å²) in [6.45, 7) is 4.84. The molecule has 1 aliphatic heterocycles. The lowest BCUT2D eigenvalue weighted by atomic mass is 10.1. The van der Waals surface area contributed by atoms with E-state index in [1.807, 2.05) is 0 Å². The Morgan fingerprint density at radius 3 is 2.45 bits per heavy atom. The summed E-state index contributed by atoms with van der Waals surface area (Å²) in [5.74, 6) is -1.23. The summed E-state index contributed by atoms with van der Waals surface area (Å²) in [5, 5.41) is 6.25. The summed E-state index contributed by atoms with van der Waals surface area (Å²) >= 11 is 0. The molecule has 1 aromatic rings. The van der Waals surface area contributed by atoms with Crippen LogP contribution in [0.4, 0.5) is 13.2 Å². The summed E-state index contributed by atoms with van der Waals surface area (Å²) in [7, 11) is 0. The summed E-state index contributed by atoms with van der Waals surface area (Å²) in [6, 6.07) is 0. The fourth-order valence-corrected chi connectivity index (χ4v) is 2.27. The van der Waals surface area contributed by atoms with Crippen molar-refractivity contribution in [3.8, 4) is 0 Å². The van der Waals surface area contributed by atoms with Gasteiger partial charge in [-0.15, -0.1) is 0 Å². The summed E-state index contributed by atoms with van der Waals surface area (Å²) < 4.78 is 40.9. The number of aromatic nitrogens is 2. The number of nitrogens with one attached hydrogen (secondary N) is 1. The minimum Gasteiger partial charge on any atom is -0.353 e. The molecule has 122 valence electrons.